The van der Waals surface area contributed by atoms with Crippen molar-refractivity contribution < 1.29 is 36.2 Å². The van der Waals surface area contributed by atoms with Crippen LogP contribution in [-0.4, -0.2) is 80.3 Å². The largest absolute Gasteiger partial charge is 0.444 e. The first-order valence-electron chi connectivity index (χ1n) is 16.1. The van der Waals surface area contributed by atoms with E-state index >= 15 is 0 Å². The Hall–Kier alpha value is -3.95. The number of hydrogen-bond acceptors (Lipinski definition) is 8. The summed E-state index contributed by atoms with van der Waals surface area (Å²) < 4.78 is 41.9. The number of nitrogens with two attached hydrogens (primary N) is 2. The van der Waals surface area contributed by atoms with Crippen molar-refractivity contribution in [3.63, 3.8) is 0 Å². The lowest BCUT2D eigenvalue weighted by molar-refractivity contribution is -0.133. The number of nitrogens with one attached hydrogen (secondary N) is 4. The molecule has 0 unspecified atom stereocenters. The van der Waals surface area contributed by atoms with Crippen LogP contribution < -0.4 is 32.7 Å². The summed E-state index contributed by atoms with van der Waals surface area (Å²) in [4.78, 5) is 57.2. The molecule has 1 rings (SSSR count). The number of benzene rings is 1. The highest BCUT2D eigenvalue weighted by molar-refractivity contribution is 7.86. The van der Waals surface area contributed by atoms with Gasteiger partial charge in [-0.3, -0.25) is 19.4 Å². The maximum absolute atomic E-state index is 13.7. The zero-order valence-corrected chi connectivity index (χ0v) is 29.9. The van der Waals surface area contributed by atoms with Crippen LogP contribution in [0, 0.1) is 11.8 Å². The molecule has 1 aromatic rings. The van der Waals surface area contributed by atoms with Crippen molar-refractivity contribution in [2.75, 3.05) is 12.3 Å². The second kappa shape index (κ2) is 19.8. The van der Waals surface area contributed by atoms with Crippen LogP contribution in [0.15, 0.2) is 35.3 Å². The number of halogens is 1. The van der Waals surface area contributed by atoms with E-state index in [-0.39, 0.29) is 56.4 Å². The summed E-state index contributed by atoms with van der Waals surface area (Å²) in [5, 5.41) is 10.6. The monoisotopic (exact) mass is 699 g/mol. The van der Waals surface area contributed by atoms with E-state index in [0.717, 1.165) is 5.56 Å². The number of hydrogen-bond donors (Lipinski definition) is 6. The van der Waals surface area contributed by atoms with Gasteiger partial charge in [0.15, 0.2) is 5.96 Å². The topological polar surface area (TPSA) is 224 Å². The molecule has 4 atom stereocenters. The van der Waals surface area contributed by atoms with Crippen LogP contribution >= 0.6 is 0 Å². The number of carbonyl (C=O) groups is 4. The van der Waals surface area contributed by atoms with Crippen LogP contribution in [0.4, 0.5) is 8.68 Å². The van der Waals surface area contributed by atoms with Crippen molar-refractivity contribution in [1.29, 1.82) is 0 Å². The van der Waals surface area contributed by atoms with Crippen molar-refractivity contribution in [1.82, 2.24) is 21.3 Å². The SMILES string of the molecule is CC(C)C[C@H](NC(=O)[C@H](CC(C)C)NC(=O)[C@H](Cc1ccccc1)NC(=O)OC(C)(C)C)C(=O)N[C@@H](CCCN=C(N)N)CS(=O)(=O)F. The molecule has 0 radical (unpaired) electrons. The van der Waals surface area contributed by atoms with Crippen molar-refractivity contribution >= 4 is 40.0 Å². The van der Waals surface area contributed by atoms with Gasteiger partial charge in [-0.1, -0.05) is 58.0 Å². The predicted octanol–water partition coefficient (Wildman–Crippen LogP) is 2.02. The molecule has 4 amide bonds. The first-order valence-corrected chi connectivity index (χ1v) is 17.6. The fourth-order valence-corrected chi connectivity index (χ4v) is 5.48. The van der Waals surface area contributed by atoms with Gasteiger partial charge in [0.05, 0.1) is 0 Å². The van der Waals surface area contributed by atoms with E-state index in [4.69, 9.17) is 16.2 Å². The average Bonchev–Trinajstić information content (AvgIpc) is 2.92. The highest BCUT2D eigenvalue weighted by Gasteiger charge is 2.32. The van der Waals surface area contributed by atoms with Gasteiger partial charge in [0.2, 0.25) is 17.7 Å². The molecule has 272 valence electrons. The molecule has 0 aromatic heterocycles. The molecular weight excluding hydrogens is 645 g/mol. The standard InChI is InChI=1S/C32H54FN7O7S/c1-20(2)16-24(27(41)37-23(19-48(33,45)46)14-11-15-36-30(34)35)38-28(42)25(17-21(3)4)39-29(43)26(18-22-12-9-8-10-13-22)40-31(44)47-32(5,6)7/h8-10,12-13,20-21,23-26H,11,14-19H2,1-7H3,(H,37,41)(H,38,42)(H,39,43)(H,40,44)(H4,34,35,36)/t23-,24-,25-,26-/m0/s1. The smallest absolute Gasteiger partial charge is 0.408 e. The molecule has 14 nitrogen and oxygen atoms in total. The highest BCUT2D eigenvalue weighted by Crippen LogP contribution is 2.13. The Kier molecular flexibility index (Phi) is 17.3. The summed E-state index contributed by atoms with van der Waals surface area (Å²) in [6.07, 6.45) is -0.0227. The normalized spacial score (nSPS) is 14.3. The van der Waals surface area contributed by atoms with Gasteiger partial charge in [-0.05, 0) is 63.9 Å². The number of guanidine groups is 1. The number of ether oxygens (including phenoxy) is 1. The summed E-state index contributed by atoms with van der Waals surface area (Å²) >= 11 is 0. The van der Waals surface area contributed by atoms with Crippen LogP contribution in [0.2, 0.25) is 0 Å². The highest BCUT2D eigenvalue weighted by atomic mass is 32.3. The zero-order chi connectivity index (χ0) is 36.7. The third kappa shape index (κ3) is 19.0. The maximum Gasteiger partial charge on any atom is 0.408 e. The Bertz CT molecular complexity index is 1330. The van der Waals surface area contributed by atoms with E-state index in [0.29, 0.717) is 0 Å². The van der Waals surface area contributed by atoms with Crippen LogP contribution in [0.5, 0.6) is 0 Å². The van der Waals surface area contributed by atoms with Gasteiger partial charge < -0.3 is 37.5 Å². The number of alkyl carbamates (subject to hydrolysis) is 1. The van der Waals surface area contributed by atoms with E-state index < -0.39 is 69.6 Å². The second-order valence-electron chi connectivity index (χ2n) is 13.6. The summed E-state index contributed by atoms with van der Waals surface area (Å²) in [6, 6.07) is 4.57. The summed E-state index contributed by atoms with van der Waals surface area (Å²) in [5.74, 6) is -3.28. The molecule has 1 aromatic carbocycles. The predicted molar refractivity (Wildman–Crippen MR) is 183 cm³/mol. The first-order chi connectivity index (χ1) is 22.1. The molecule has 0 aliphatic rings. The van der Waals surface area contributed by atoms with Gasteiger partial charge in [0.1, 0.15) is 29.5 Å². The minimum atomic E-state index is -4.96. The van der Waals surface area contributed by atoms with Crippen molar-refractivity contribution in [2.24, 2.45) is 28.3 Å². The van der Waals surface area contributed by atoms with Gasteiger partial charge in [0, 0.05) is 19.0 Å². The summed E-state index contributed by atoms with van der Waals surface area (Å²) in [5.41, 5.74) is 10.6. The molecule has 0 bridgehead atoms. The third-order valence-corrected chi connectivity index (χ3v) is 7.52. The van der Waals surface area contributed by atoms with Crippen molar-refractivity contribution in [3.05, 3.63) is 35.9 Å². The number of nitrogens with zero attached hydrogens (tertiary/aromatic N) is 1. The molecule has 8 N–H and O–H groups in total. The molecule has 0 fully saturated rings. The Morgan fingerprint density at radius 2 is 1.33 bits per heavy atom. The lowest BCUT2D eigenvalue weighted by Crippen LogP contribution is -2.58. The third-order valence-electron chi connectivity index (χ3n) is 6.72. The molecule has 48 heavy (non-hydrogen) atoms. The summed E-state index contributed by atoms with van der Waals surface area (Å²) in [6.45, 7) is 12.6. The van der Waals surface area contributed by atoms with Gasteiger partial charge in [-0.2, -0.15) is 8.42 Å². The van der Waals surface area contributed by atoms with E-state index in [2.05, 4.69) is 26.3 Å². The Labute approximate surface area is 284 Å². The Balaban J connectivity index is 3.22. The lowest BCUT2D eigenvalue weighted by Gasteiger charge is -2.28. The van der Waals surface area contributed by atoms with Gasteiger partial charge in [-0.25, -0.2) is 4.79 Å². The van der Waals surface area contributed by atoms with Crippen LogP contribution in [0.25, 0.3) is 0 Å². The molecule has 0 heterocycles. The fourth-order valence-electron chi connectivity index (χ4n) is 4.74. The van der Waals surface area contributed by atoms with Gasteiger partial charge in [0.25, 0.3) is 0 Å². The van der Waals surface area contributed by atoms with Gasteiger partial charge in [-0.15, -0.1) is 3.89 Å². The molecule has 0 saturated carbocycles. The van der Waals surface area contributed by atoms with E-state index in [9.17, 15) is 31.5 Å². The molecule has 0 saturated heterocycles. The first kappa shape index (κ1) is 42.1. The fraction of sp³-hybridized carbons (Fsp3) is 0.656. The molecule has 0 aliphatic heterocycles. The molecule has 0 aliphatic carbocycles. The summed E-state index contributed by atoms with van der Waals surface area (Å²) in [7, 11) is -4.96. The number of carbonyl (C=O) groups excluding carboxylic acids is 4. The molecule has 16 heteroatoms. The second-order valence-corrected chi connectivity index (χ2v) is 15.0. The Morgan fingerprint density at radius 3 is 1.79 bits per heavy atom. The van der Waals surface area contributed by atoms with Crippen LogP contribution in [0.3, 0.4) is 0 Å². The number of amides is 4. The van der Waals surface area contributed by atoms with Crippen LogP contribution in [-0.2, 0) is 35.8 Å². The minimum absolute atomic E-state index is 0.0491. The molecular formula is C32H54FN7O7S. The number of aliphatic imine (C=N–C) groups is 1. The zero-order valence-electron chi connectivity index (χ0n) is 29.0. The van der Waals surface area contributed by atoms with Crippen molar-refractivity contribution in [2.45, 2.75) is 110 Å². The quantitative estimate of drug-likeness (QED) is 0.0537. The van der Waals surface area contributed by atoms with Crippen LogP contribution in [0.1, 0.15) is 79.7 Å². The van der Waals surface area contributed by atoms with Gasteiger partial charge >= 0.3 is 16.3 Å². The van der Waals surface area contributed by atoms with E-state index in [1.165, 1.54) is 0 Å². The minimum Gasteiger partial charge on any atom is -0.444 e. The van der Waals surface area contributed by atoms with E-state index in [1.807, 2.05) is 33.8 Å². The van der Waals surface area contributed by atoms with E-state index in [1.54, 1.807) is 45.0 Å². The maximum atomic E-state index is 13.7. The van der Waals surface area contributed by atoms with Crippen molar-refractivity contribution in [3.8, 4) is 0 Å². The Morgan fingerprint density at radius 1 is 0.833 bits per heavy atom. The number of rotatable bonds is 19. The molecule has 0 spiro atoms. The average molecular weight is 700 g/mol. The lowest BCUT2D eigenvalue weighted by atomic mass is 9.99.